The highest BCUT2D eigenvalue weighted by atomic mass is 32.2. The minimum Gasteiger partial charge on any atom is -0.390 e. The number of carbonyl (C=O) groups is 1. The lowest BCUT2D eigenvalue weighted by molar-refractivity contribution is -0.152. The number of aldehydes is 1. The van der Waals surface area contributed by atoms with Crippen LogP contribution in [0.3, 0.4) is 0 Å². The molecule has 16 fully saturated rings. The molecule has 0 heterocycles. The molecule has 750 valence electrons. The van der Waals surface area contributed by atoms with E-state index >= 15 is 0 Å². The molecule has 10 heteroatoms. The second-order valence-electron chi connectivity index (χ2n) is 53.0. The van der Waals surface area contributed by atoms with E-state index in [4.69, 9.17) is 0 Å². The van der Waals surface area contributed by atoms with Crippen LogP contribution in [0.4, 0.5) is 3.89 Å². The highest BCUT2D eigenvalue weighted by Gasteiger charge is 2.68. The molecule has 16 aliphatic carbocycles. The number of aliphatic hydroxyl groups excluding tert-OH is 3. The first kappa shape index (κ1) is 105. The molecule has 0 saturated heterocycles. The van der Waals surface area contributed by atoms with Crippen molar-refractivity contribution in [2.45, 2.75) is 460 Å². The maximum atomic E-state index is 11.1. The Kier molecular flexibility index (Phi) is 33.3. The second-order valence-corrected chi connectivity index (χ2v) is 53.3. The summed E-state index contributed by atoms with van der Waals surface area (Å²) in [6.07, 6.45) is 59.8. The summed E-state index contributed by atoms with van der Waals surface area (Å²) in [4.78, 5) is 10.9. The van der Waals surface area contributed by atoms with Gasteiger partial charge in [-0.05, 0) is 504 Å². The lowest BCUT2D eigenvalue weighted by Gasteiger charge is -2.62. The van der Waals surface area contributed by atoms with Gasteiger partial charge in [-0.2, -0.15) is 3.89 Å². The minimum atomic E-state index is -0.390. The molecule has 1 unspecified atom stereocenters. The number of aliphatic hydroxyl groups is 7. The largest absolute Gasteiger partial charge is 0.390 e. The van der Waals surface area contributed by atoms with E-state index in [1.54, 1.807) is 0 Å². The summed E-state index contributed by atoms with van der Waals surface area (Å²) < 4.78 is 10.2. The first-order valence-corrected chi connectivity index (χ1v) is 58.1. The van der Waals surface area contributed by atoms with Gasteiger partial charge in [0, 0.05) is 24.8 Å². The van der Waals surface area contributed by atoms with E-state index in [2.05, 4.69) is 147 Å². The van der Waals surface area contributed by atoms with E-state index in [0.717, 1.165) is 270 Å². The minimum absolute atomic E-state index is 0.250. The number of hydrogen-bond donors (Lipinski definition) is 7. The van der Waals surface area contributed by atoms with Gasteiger partial charge in [-0.15, -0.1) is 0 Å². The zero-order valence-electron chi connectivity index (χ0n) is 87.6. The molecule has 0 aromatic heterocycles. The van der Waals surface area contributed by atoms with Crippen LogP contribution in [0.1, 0.15) is 454 Å². The van der Waals surface area contributed by atoms with Gasteiger partial charge in [0.2, 0.25) is 0 Å². The summed E-state index contributed by atoms with van der Waals surface area (Å²) in [5.74, 6) is 19.6. The zero-order valence-corrected chi connectivity index (χ0v) is 88.4. The van der Waals surface area contributed by atoms with Crippen LogP contribution in [0.15, 0.2) is 91.0 Å². The van der Waals surface area contributed by atoms with Gasteiger partial charge in [0.1, 0.15) is 6.29 Å². The third-order valence-electron chi connectivity index (χ3n) is 47.9. The van der Waals surface area contributed by atoms with Gasteiger partial charge in [-0.3, -0.25) is 0 Å². The third-order valence-corrected chi connectivity index (χ3v) is 47.9. The first-order valence-electron chi connectivity index (χ1n) is 57.0. The molecule has 19 rings (SSSR count). The van der Waals surface area contributed by atoms with Crippen LogP contribution in [-0.2, 0) is 4.79 Å². The van der Waals surface area contributed by atoms with E-state index in [9.17, 15) is 44.4 Å². The van der Waals surface area contributed by atoms with Gasteiger partial charge < -0.3 is 40.5 Å². The quantitative estimate of drug-likeness (QED) is 0.0459. The van der Waals surface area contributed by atoms with Crippen molar-refractivity contribution in [1.29, 1.82) is 0 Å². The SMILES string of the molecule is CC[C@]1(O)CC[C@@]2(C)[C@@H](CC[C@@H]3[C@@H]2CC[C@]2(C)[C@@H]([C@H](C)CCC(O)c4ccccc4)CC[C@@H]32)C1.CC[C@]1(O)CC[C@@]2(C)[C@@H](CC[C@@H]3[C@@H]2CC[C@]2(C)[C@@H]([C@H](C)CCC=O)CC[C@@H]32)C1.CC[C@]1(O)CC[C@@]2(C)[C@@H](CC[C@@H]3[C@@H]2CC[C@]2(C)[C@@H]([C@H](C)CC[C@@H](O)c4ccccc4)CC[C@@H]32)C1.CC[C@]1(O)CC[C@@]2(C)[C@@H](CC[C@@H]3[C@@H]2CC[C@]2(C)[C@@H]([C@H](C)CC[C@H](O)c4ccccc4)CC[C@@H]32)C1.CSF. The Morgan fingerprint density at radius 3 is 0.722 bits per heavy atom. The van der Waals surface area contributed by atoms with Crippen molar-refractivity contribution in [2.24, 2.45) is 185 Å². The predicted octanol–water partition coefficient (Wildman–Crippen LogP) is 31.4. The maximum absolute atomic E-state index is 11.1. The molecule has 7 N–H and O–H groups in total. The molecule has 0 bridgehead atoms. The Hall–Kier alpha value is -2.67. The highest BCUT2D eigenvalue weighted by molar-refractivity contribution is 7.93. The van der Waals surface area contributed by atoms with Crippen molar-refractivity contribution in [1.82, 2.24) is 0 Å². The normalized spacial score (nSPS) is 46.0. The molecule has 39 atom stereocenters. The number of halogens is 1. The predicted molar refractivity (Wildman–Crippen MR) is 550 cm³/mol. The zero-order chi connectivity index (χ0) is 95.3. The molecular formula is C123H197FO8S. The Morgan fingerprint density at radius 2 is 0.511 bits per heavy atom. The van der Waals surface area contributed by atoms with Crippen LogP contribution in [-0.4, -0.2) is 70.7 Å². The second kappa shape index (κ2) is 42.3. The van der Waals surface area contributed by atoms with Gasteiger partial charge >= 0.3 is 0 Å². The topological polar surface area (TPSA) is 159 Å². The van der Waals surface area contributed by atoms with Crippen molar-refractivity contribution >= 4 is 18.4 Å². The van der Waals surface area contributed by atoms with Gasteiger partial charge in [-0.25, -0.2) is 0 Å². The molecule has 3 aromatic rings. The summed E-state index contributed by atoms with van der Waals surface area (Å²) in [6, 6.07) is 30.7. The molecule has 133 heavy (non-hydrogen) atoms. The van der Waals surface area contributed by atoms with Crippen LogP contribution >= 0.6 is 12.1 Å². The molecular weight excluding hydrogens is 1660 g/mol. The van der Waals surface area contributed by atoms with Crippen LogP contribution in [0.2, 0.25) is 0 Å². The van der Waals surface area contributed by atoms with E-state index in [0.29, 0.717) is 67.0 Å². The third kappa shape index (κ3) is 20.4. The number of fused-ring (bicyclic) bond motifs is 20. The number of carbonyl (C=O) groups excluding carboxylic acids is 1. The number of benzene rings is 3. The molecule has 3 aromatic carbocycles. The summed E-state index contributed by atoms with van der Waals surface area (Å²) in [7, 11) is 0. The van der Waals surface area contributed by atoms with Gasteiger partial charge in [-0.1, -0.05) is 202 Å². The Balaban J connectivity index is 0.000000134. The van der Waals surface area contributed by atoms with Crippen molar-refractivity contribution in [3.8, 4) is 0 Å². The van der Waals surface area contributed by atoms with Gasteiger partial charge in [0.25, 0.3) is 0 Å². The molecule has 0 radical (unpaired) electrons. The van der Waals surface area contributed by atoms with Crippen molar-refractivity contribution in [3.05, 3.63) is 108 Å². The Bertz CT molecular complexity index is 3840. The smallest absolute Gasteiger partial charge is 0.120 e. The number of rotatable bonds is 23. The highest BCUT2D eigenvalue weighted by Crippen LogP contribution is 2.75. The van der Waals surface area contributed by atoms with Gasteiger partial charge in [0.15, 0.2) is 0 Å². The van der Waals surface area contributed by atoms with Crippen molar-refractivity contribution in [2.75, 3.05) is 6.26 Å². The summed E-state index contributed by atoms with van der Waals surface area (Å²) in [6.45, 7) is 39.6. The number of hydrogen-bond acceptors (Lipinski definition) is 9. The monoisotopic (exact) mass is 1850 g/mol. The molecule has 0 spiro atoms. The molecule has 0 aliphatic heterocycles. The van der Waals surface area contributed by atoms with E-state index in [1.807, 2.05) is 54.6 Å². The Morgan fingerprint density at radius 1 is 0.301 bits per heavy atom. The fourth-order valence-corrected chi connectivity index (χ4v) is 39.4. The molecule has 16 aliphatic rings. The lowest BCUT2D eigenvalue weighted by Crippen LogP contribution is -2.56. The average Bonchev–Trinajstić information content (AvgIpc) is 1.64. The molecule has 0 amide bonds. The summed E-state index contributed by atoms with van der Waals surface area (Å²) in [5.41, 5.74) is 5.44. The summed E-state index contributed by atoms with van der Waals surface area (Å²) >= 11 is 0.250. The first-order chi connectivity index (χ1) is 63.3. The van der Waals surface area contributed by atoms with Crippen LogP contribution in [0.5, 0.6) is 0 Å². The van der Waals surface area contributed by atoms with E-state index < -0.39 is 16.8 Å². The standard InChI is InChI=1S/3C32H50O2.C26H44O2.CH3FS/c3*1-5-32(34)20-19-30(3)24(21-32)12-13-25-27-15-14-26(31(27,4)18-17-28(25)30)22(2)11-16-29(33)23-9-7-6-8-10-23;1-5-26(28)15-14-24(3)19(17-26)8-9-20-22-11-10-21(18(2)7-6-16-27)25(22,4)13-12-23(20)24;1-3-2/h3*6-10,22,24-29,33-34H,5,11-21H2,1-4H3;16,18-23,28H,5-15,17H2,1-4H3;1H3/t22-,24+,25+,26-,27+,28+,29?,30+,31-,32+;22-,24+,25+,26-,27+,28+,29+,30+,31-,32+;22-,24+,25+,26-,27+,28+,29-,30+,31-,32+;18-,19+,20+,21-,22+,23+,24+,25-,26+;/m1111./s1. The molecule has 8 nitrogen and oxygen atoms in total. The fourth-order valence-electron chi connectivity index (χ4n) is 39.4. The summed E-state index contributed by atoms with van der Waals surface area (Å²) in [5, 5.41) is 76.4. The Labute approximate surface area is 816 Å². The van der Waals surface area contributed by atoms with Crippen LogP contribution in [0, 0.1) is 185 Å². The molecule has 16 saturated carbocycles. The average molecular weight is 1850 g/mol. The maximum Gasteiger partial charge on any atom is 0.120 e. The fraction of sp³-hybridized carbons (Fsp3) is 0.846. The van der Waals surface area contributed by atoms with Gasteiger partial charge in [0.05, 0.1) is 40.7 Å². The van der Waals surface area contributed by atoms with Crippen molar-refractivity contribution < 1.29 is 44.4 Å². The van der Waals surface area contributed by atoms with Crippen molar-refractivity contribution in [3.63, 3.8) is 0 Å². The van der Waals surface area contributed by atoms with E-state index in [-0.39, 0.29) is 36.1 Å². The van der Waals surface area contributed by atoms with E-state index in [1.165, 1.54) is 186 Å². The van der Waals surface area contributed by atoms with Crippen LogP contribution in [0.25, 0.3) is 0 Å². The van der Waals surface area contributed by atoms with Crippen LogP contribution < -0.4 is 0 Å². The lowest BCUT2D eigenvalue weighted by atomic mass is 9.43.